The van der Waals surface area contributed by atoms with Crippen molar-refractivity contribution in [1.29, 1.82) is 0 Å². The summed E-state index contributed by atoms with van der Waals surface area (Å²) in [4.78, 5) is 23.1. The normalized spacial score (nSPS) is 12.4. The Kier molecular flexibility index (Phi) is 6.93. The smallest absolute Gasteiger partial charge is 0.269 e. The molecular formula is C22H24FN5O3S. The SMILES string of the molecule is CC(NC(=O)C(C)(C)C)c1nnc(SCc2ccc(F)cc2)n1-c1ccc([N+](=O)[O-])cc1. The molecule has 3 aromatic rings. The van der Waals surface area contributed by atoms with Crippen molar-refractivity contribution in [2.45, 2.75) is 44.6 Å². The van der Waals surface area contributed by atoms with Gasteiger partial charge in [0, 0.05) is 29.0 Å². The molecule has 3 rings (SSSR count). The van der Waals surface area contributed by atoms with Gasteiger partial charge in [0.1, 0.15) is 5.82 Å². The number of hydrogen-bond acceptors (Lipinski definition) is 6. The zero-order valence-corrected chi connectivity index (χ0v) is 19.0. The van der Waals surface area contributed by atoms with Crippen LogP contribution in [0.1, 0.15) is 45.1 Å². The second-order valence-corrected chi connectivity index (χ2v) is 9.25. The number of aromatic nitrogens is 3. The molecule has 8 nitrogen and oxygen atoms in total. The Morgan fingerprint density at radius 2 is 1.78 bits per heavy atom. The Bertz CT molecular complexity index is 1110. The molecule has 0 saturated heterocycles. The van der Waals surface area contributed by atoms with E-state index in [1.165, 1.54) is 36.0 Å². The molecule has 0 saturated carbocycles. The average Bonchev–Trinajstić information content (AvgIpc) is 3.16. The molecule has 168 valence electrons. The number of nitro benzene ring substituents is 1. The number of hydrogen-bond donors (Lipinski definition) is 1. The number of nitro groups is 1. The molecule has 1 amide bonds. The van der Waals surface area contributed by atoms with E-state index in [0.29, 0.717) is 22.4 Å². The number of benzene rings is 2. The first kappa shape index (κ1) is 23.4. The van der Waals surface area contributed by atoms with E-state index in [9.17, 15) is 19.3 Å². The van der Waals surface area contributed by atoms with Gasteiger partial charge in [-0.25, -0.2) is 4.39 Å². The van der Waals surface area contributed by atoms with Crippen LogP contribution in [0.25, 0.3) is 5.69 Å². The van der Waals surface area contributed by atoms with Crippen LogP contribution in [-0.4, -0.2) is 25.6 Å². The minimum absolute atomic E-state index is 0.0297. The van der Waals surface area contributed by atoms with E-state index in [4.69, 9.17) is 0 Å². The van der Waals surface area contributed by atoms with E-state index < -0.39 is 16.4 Å². The zero-order chi connectivity index (χ0) is 23.5. The van der Waals surface area contributed by atoms with Gasteiger partial charge >= 0.3 is 0 Å². The first-order valence-corrected chi connectivity index (χ1v) is 10.9. The van der Waals surface area contributed by atoms with Crippen molar-refractivity contribution in [3.63, 3.8) is 0 Å². The number of halogens is 1. The maximum Gasteiger partial charge on any atom is 0.269 e. The van der Waals surface area contributed by atoms with Gasteiger partial charge in [0.15, 0.2) is 11.0 Å². The van der Waals surface area contributed by atoms with Crippen molar-refractivity contribution in [3.05, 3.63) is 75.9 Å². The number of rotatable bonds is 7. The highest BCUT2D eigenvalue weighted by molar-refractivity contribution is 7.98. The minimum Gasteiger partial charge on any atom is -0.346 e. The van der Waals surface area contributed by atoms with Crippen molar-refractivity contribution in [2.24, 2.45) is 5.41 Å². The highest BCUT2D eigenvalue weighted by Crippen LogP contribution is 2.29. The van der Waals surface area contributed by atoms with E-state index in [1.807, 2.05) is 27.7 Å². The molecule has 10 heteroatoms. The predicted molar refractivity (Wildman–Crippen MR) is 120 cm³/mol. The lowest BCUT2D eigenvalue weighted by Crippen LogP contribution is -2.37. The summed E-state index contributed by atoms with van der Waals surface area (Å²) in [5.74, 6) is 0.578. The number of nitrogens with zero attached hydrogens (tertiary/aromatic N) is 4. The Labute approximate surface area is 189 Å². The van der Waals surface area contributed by atoms with Crippen LogP contribution >= 0.6 is 11.8 Å². The Morgan fingerprint density at radius 1 is 1.16 bits per heavy atom. The van der Waals surface area contributed by atoms with Gasteiger partial charge in [0.2, 0.25) is 5.91 Å². The third-order valence-electron chi connectivity index (χ3n) is 4.67. The van der Waals surface area contributed by atoms with E-state index in [2.05, 4.69) is 15.5 Å². The summed E-state index contributed by atoms with van der Waals surface area (Å²) in [7, 11) is 0. The van der Waals surface area contributed by atoms with Crippen molar-refractivity contribution in [2.75, 3.05) is 0 Å². The van der Waals surface area contributed by atoms with Crippen molar-refractivity contribution < 1.29 is 14.1 Å². The molecule has 32 heavy (non-hydrogen) atoms. The summed E-state index contributed by atoms with van der Waals surface area (Å²) < 4.78 is 15.0. The van der Waals surface area contributed by atoms with Gasteiger partial charge in [-0.1, -0.05) is 44.7 Å². The summed E-state index contributed by atoms with van der Waals surface area (Å²) >= 11 is 1.39. The van der Waals surface area contributed by atoms with Gasteiger partial charge in [-0.2, -0.15) is 0 Å². The Hall–Kier alpha value is -3.27. The summed E-state index contributed by atoms with van der Waals surface area (Å²) in [5.41, 5.74) is 0.935. The van der Waals surface area contributed by atoms with Gasteiger partial charge < -0.3 is 5.32 Å². The van der Waals surface area contributed by atoms with Gasteiger partial charge in [0.25, 0.3) is 5.69 Å². The van der Waals surface area contributed by atoms with Crippen LogP contribution in [0.5, 0.6) is 0 Å². The zero-order valence-electron chi connectivity index (χ0n) is 18.2. The number of nitrogens with one attached hydrogen (secondary N) is 1. The highest BCUT2D eigenvalue weighted by Gasteiger charge is 2.26. The molecule has 2 aromatic carbocycles. The second kappa shape index (κ2) is 9.47. The topological polar surface area (TPSA) is 103 Å². The molecule has 0 radical (unpaired) electrons. The van der Waals surface area contributed by atoms with E-state index in [1.54, 1.807) is 28.8 Å². The van der Waals surface area contributed by atoms with Crippen LogP contribution in [0.2, 0.25) is 0 Å². The standard InChI is InChI=1S/C22H24FN5O3S/c1-14(24-20(29)22(2,3)4)19-25-26-21(32-13-15-5-7-16(23)8-6-15)27(19)17-9-11-18(12-10-17)28(30)31/h5-12,14H,13H2,1-4H3,(H,24,29). The van der Waals surface area contributed by atoms with Crippen LogP contribution < -0.4 is 5.32 Å². The molecule has 1 atom stereocenters. The maximum atomic E-state index is 13.2. The van der Waals surface area contributed by atoms with Gasteiger partial charge in [-0.05, 0) is 36.8 Å². The van der Waals surface area contributed by atoms with Crippen LogP contribution in [0.15, 0.2) is 53.7 Å². The molecule has 0 aliphatic heterocycles. The molecule has 1 unspecified atom stereocenters. The van der Waals surface area contributed by atoms with E-state index in [-0.39, 0.29) is 17.4 Å². The number of thioether (sulfide) groups is 1. The quantitative estimate of drug-likeness (QED) is 0.310. The third-order valence-corrected chi connectivity index (χ3v) is 5.67. The predicted octanol–water partition coefficient (Wildman–Crippen LogP) is 4.83. The van der Waals surface area contributed by atoms with Gasteiger partial charge in [-0.3, -0.25) is 19.5 Å². The van der Waals surface area contributed by atoms with Crippen molar-refractivity contribution in [3.8, 4) is 5.69 Å². The fraction of sp³-hybridized carbons (Fsp3) is 0.318. The van der Waals surface area contributed by atoms with Crippen LogP contribution in [0.3, 0.4) is 0 Å². The Balaban J connectivity index is 1.94. The fourth-order valence-electron chi connectivity index (χ4n) is 2.83. The molecule has 0 fully saturated rings. The largest absolute Gasteiger partial charge is 0.346 e. The molecule has 1 aromatic heterocycles. The molecule has 1 heterocycles. The molecule has 1 N–H and O–H groups in total. The number of amides is 1. The molecule has 0 aliphatic carbocycles. The lowest BCUT2D eigenvalue weighted by molar-refractivity contribution is -0.384. The van der Waals surface area contributed by atoms with Crippen molar-refractivity contribution in [1.82, 2.24) is 20.1 Å². The Morgan fingerprint density at radius 3 is 2.34 bits per heavy atom. The van der Waals surface area contributed by atoms with Crippen molar-refractivity contribution >= 4 is 23.4 Å². The summed E-state index contributed by atoms with van der Waals surface area (Å²) in [6.45, 7) is 7.27. The summed E-state index contributed by atoms with van der Waals surface area (Å²) in [6.07, 6.45) is 0. The van der Waals surface area contributed by atoms with E-state index >= 15 is 0 Å². The first-order chi connectivity index (χ1) is 15.1. The minimum atomic E-state index is -0.577. The highest BCUT2D eigenvalue weighted by atomic mass is 32.2. The second-order valence-electron chi connectivity index (χ2n) is 8.31. The molecule has 0 spiro atoms. The fourth-order valence-corrected chi connectivity index (χ4v) is 3.74. The average molecular weight is 458 g/mol. The number of carbonyl (C=O) groups excluding carboxylic acids is 1. The first-order valence-electron chi connectivity index (χ1n) is 9.94. The summed E-state index contributed by atoms with van der Waals surface area (Å²) in [6, 6.07) is 11.8. The number of carbonyl (C=O) groups is 1. The molecule has 0 aliphatic rings. The van der Waals surface area contributed by atoms with Crippen LogP contribution in [-0.2, 0) is 10.5 Å². The van der Waals surface area contributed by atoms with Gasteiger partial charge in [-0.15, -0.1) is 10.2 Å². The lowest BCUT2D eigenvalue weighted by Gasteiger charge is -2.22. The number of non-ortho nitro benzene ring substituents is 1. The lowest BCUT2D eigenvalue weighted by atomic mass is 9.95. The maximum absolute atomic E-state index is 13.2. The van der Waals surface area contributed by atoms with Crippen LogP contribution in [0.4, 0.5) is 10.1 Å². The molecular weight excluding hydrogens is 433 g/mol. The summed E-state index contributed by atoms with van der Waals surface area (Å²) in [5, 5.41) is 23.1. The van der Waals surface area contributed by atoms with Crippen LogP contribution in [0, 0.1) is 21.3 Å². The van der Waals surface area contributed by atoms with E-state index in [0.717, 1.165) is 5.56 Å². The monoisotopic (exact) mass is 457 g/mol. The van der Waals surface area contributed by atoms with Gasteiger partial charge in [0.05, 0.1) is 11.0 Å². The molecule has 0 bridgehead atoms. The third kappa shape index (κ3) is 5.50.